The molecule has 2 aromatic rings. The molecule has 0 amide bonds. The smallest absolute Gasteiger partial charge is 0.335 e. The first-order chi connectivity index (χ1) is 8.99. The predicted molar refractivity (Wildman–Crippen MR) is 88.0 cm³/mol. The maximum absolute atomic E-state index is 10.8. The van der Waals surface area contributed by atoms with Crippen LogP contribution < -0.4 is 0 Å². The summed E-state index contributed by atoms with van der Waals surface area (Å²) in [7, 11) is 0. The van der Waals surface area contributed by atoms with Crippen molar-refractivity contribution in [2.24, 2.45) is 0 Å². The van der Waals surface area contributed by atoms with Crippen LogP contribution in [0.1, 0.15) is 20.7 Å². The molecule has 7 heteroatoms. The monoisotopic (exact) mass is 392 g/mol. The molecule has 4 nitrogen and oxygen atoms in total. The molecule has 0 aliphatic rings. The number of benzene rings is 2. The number of hydrogen-bond donors (Lipinski definition) is 2. The van der Waals surface area contributed by atoms with Gasteiger partial charge in [-0.3, -0.25) is 0 Å². The van der Waals surface area contributed by atoms with Gasteiger partial charge in [0.1, 0.15) is 0 Å². The fourth-order valence-corrected chi connectivity index (χ4v) is 2.28. The third-order valence-corrected chi connectivity index (χ3v) is 3.31. The van der Waals surface area contributed by atoms with E-state index in [-0.39, 0.29) is 35.9 Å². The second-order valence-corrected chi connectivity index (χ2v) is 4.74. The van der Waals surface area contributed by atoms with E-state index in [1.807, 2.05) is 0 Å². The van der Waals surface area contributed by atoms with Crippen molar-refractivity contribution in [2.45, 2.75) is 0 Å². The Hall–Kier alpha value is -1.56. The minimum atomic E-state index is -0.992. The largest absolute Gasteiger partial charge is 0.478 e. The number of aromatic carboxylic acids is 2. The van der Waals surface area contributed by atoms with Crippen LogP contribution in [0.4, 0.5) is 0 Å². The Morgan fingerprint density at radius 2 is 1.29 bits per heavy atom. The zero-order chi connectivity index (χ0) is 14.0. The van der Waals surface area contributed by atoms with Crippen LogP contribution in [-0.4, -0.2) is 22.2 Å². The van der Waals surface area contributed by atoms with Crippen LogP contribution in [0.2, 0.25) is 0 Å². The van der Waals surface area contributed by atoms with Crippen molar-refractivity contribution in [3.05, 3.63) is 58.1 Å². The van der Waals surface area contributed by atoms with E-state index in [9.17, 15) is 9.59 Å². The van der Waals surface area contributed by atoms with Gasteiger partial charge in [-0.05, 0) is 35.4 Å². The van der Waals surface area contributed by atoms with Crippen LogP contribution in [0.5, 0.6) is 0 Å². The normalized spacial score (nSPS) is 9.19. The van der Waals surface area contributed by atoms with Crippen LogP contribution in [-0.2, 0) is 0 Å². The molecule has 21 heavy (non-hydrogen) atoms. The van der Waals surface area contributed by atoms with Gasteiger partial charge < -0.3 is 10.2 Å². The average Bonchev–Trinajstić information content (AvgIpc) is 2.38. The standard InChI is InChI=1S/C14H9BrO4.2ClH/c15-12-7-10(14(18)19)5-6-11(12)8-1-3-9(4-2-8)13(16)17;;/h1-7H,(H,16,17)(H,18,19);2*1H. The van der Waals surface area contributed by atoms with Gasteiger partial charge in [-0.15, -0.1) is 24.8 Å². The van der Waals surface area contributed by atoms with Crippen molar-refractivity contribution < 1.29 is 19.8 Å². The Balaban J connectivity index is 0.00000200. The molecule has 2 N–H and O–H groups in total. The molecule has 0 bridgehead atoms. The number of carboxylic acids is 2. The first-order valence-corrected chi connectivity index (χ1v) is 6.15. The van der Waals surface area contributed by atoms with E-state index in [4.69, 9.17) is 10.2 Å². The molecule has 0 atom stereocenters. The lowest BCUT2D eigenvalue weighted by Gasteiger charge is -2.06. The van der Waals surface area contributed by atoms with Crippen LogP contribution in [0.3, 0.4) is 0 Å². The van der Waals surface area contributed by atoms with E-state index in [1.165, 1.54) is 24.3 Å². The number of halogens is 3. The van der Waals surface area contributed by atoms with Gasteiger partial charge in [-0.25, -0.2) is 9.59 Å². The number of carbonyl (C=O) groups is 2. The van der Waals surface area contributed by atoms with Gasteiger partial charge in [0.2, 0.25) is 0 Å². The third-order valence-electron chi connectivity index (χ3n) is 2.66. The first-order valence-electron chi connectivity index (χ1n) is 5.35. The average molecular weight is 394 g/mol. The van der Waals surface area contributed by atoms with Crippen LogP contribution in [0.25, 0.3) is 11.1 Å². The molecule has 0 heterocycles. The summed E-state index contributed by atoms with van der Waals surface area (Å²) in [6.45, 7) is 0. The summed E-state index contributed by atoms with van der Waals surface area (Å²) in [6, 6.07) is 11.1. The van der Waals surface area contributed by atoms with E-state index < -0.39 is 11.9 Å². The highest BCUT2D eigenvalue weighted by molar-refractivity contribution is 9.10. The molecular weight excluding hydrogens is 383 g/mol. The molecule has 0 unspecified atom stereocenters. The van der Waals surface area contributed by atoms with Crippen molar-refractivity contribution in [3.63, 3.8) is 0 Å². The van der Waals surface area contributed by atoms with Crippen molar-refractivity contribution in [2.75, 3.05) is 0 Å². The summed E-state index contributed by atoms with van der Waals surface area (Å²) < 4.78 is 0.649. The Labute approximate surface area is 141 Å². The maximum Gasteiger partial charge on any atom is 0.335 e. The SMILES string of the molecule is Cl.Cl.O=C(O)c1ccc(-c2ccc(C(=O)O)cc2Br)cc1. The van der Waals surface area contributed by atoms with Crippen LogP contribution >= 0.6 is 40.7 Å². The van der Waals surface area contributed by atoms with Gasteiger partial charge in [-0.2, -0.15) is 0 Å². The van der Waals surface area contributed by atoms with Gasteiger partial charge in [-0.1, -0.05) is 34.1 Å². The predicted octanol–water partition coefficient (Wildman–Crippen LogP) is 4.36. The zero-order valence-corrected chi connectivity index (χ0v) is 13.7. The maximum atomic E-state index is 10.8. The molecule has 0 saturated carbocycles. The van der Waals surface area contributed by atoms with Gasteiger partial charge in [0, 0.05) is 4.47 Å². The lowest BCUT2D eigenvalue weighted by molar-refractivity contribution is 0.0686. The van der Waals surface area contributed by atoms with E-state index in [0.29, 0.717) is 4.47 Å². The topological polar surface area (TPSA) is 74.6 Å². The highest BCUT2D eigenvalue weighted by Gasteiger charge is 2.09. The quantitative estimate of drug-likeness (QED) is 0.812. The fourth-order valence-electron chi connectivity index (χ4n) is 1.67. The minimum Gasteiger partial charge on any atom is -0.478 e. The molecule has 0 spiro atoms. The zero-order valence-electron chi connectivity index (χ0n) is 10.4. The fraction of sp³-hybridized carbons (Fsp3) is 0. The van der Waals surface area contributed by atoms with Gasteiger partial charge >= 0.3 is 11.9 Å². The summed E-state index contributed by atoms with van der Waals surface area (Å²) in [6.07, 6.45) is 0. The Morgan fingerprint density at radius 3 is 1.71 bits per heavy atom. The Morgan fingerprint density at radius 1 is 0.810 bits per heavy atom. The van der Waals surface area contributed by atoms with Gasteiger partial charge in [0.25, 0.3) is 0 Å². The van der Waals surface area contributed by atoms with Crippen molar-refractivity contribution >= 4 is 52.7 Å². The van der Waals surface area contributed by atoms with E-state index >= 15 is 0 Å². The lowest BCUT2D eigenvalue weighted by Crippen LogP contribution is -1.97. The first kappa shape index (κ1) is 19.4. The minimum absolute atomic E-state index is 0. The molecule has 0 radical (unpaired) electrons. The summed E-state index contributed by atoms with van der Waals surface area (Å²) in [5.74, 6) is -1.97. The molecule has 0 saturated heterocycles. The highest BCUT2D eigenvalue weighted by atomic mass is 79.9. The Kier molecular flexibility index (Phi) is 7.43. The molecule has 0 aromatic heterocycles. The molecule has 0 aliphatic carbocycles. The van der Waals surface area contributed by atoms with Crippen molar-refractivity contribution in [1.82, 2.24) is 0 Å². The van der Waals surface area contributed by atoms with Crippen LogP contribution in [0, 0.1) is 0 Å². The van der Waals surface area contributed by atoms with Gasteiger partial charge in [0.15, 0.2) is 0 Å². The molecule has 112 valence electrons. The second-order valence-electron chi connectivity index (χ2n) is 3.88. The number of rotatable bonds is 3. The lowest BCUT2D eigenvalue weighted by atomic mass is 10.0. The molecule has 2 rings (SSSR count). The number of carboxylic acid groups (broad SMARTS) is 2. The summed E-state index contributed by atoms with van der Waals surface area (Å²) >= 11 is 3.32. The molecule has 2 aromatic carbocycles. The van der Waals surface area contributed by atoms with Crippen molar-refractivity contribution in [1.29, 1.82) is 0 Å². The van der Waals surface area contributed by atoms with E-state index in [1.54, 1.807) is 18.2 Å². The van der Waals surface area contributed by atoms with Gasteiger partial charge in [0.05, 0.1) is 11.1 Å². The number of hydrogen-bond acceptors (Lipinski definition) is 2. The van der Waals surface area contributed by atoms with Crippen molar-refractivity contribution in [3.8, 4) is 11.1 Å². The molecule has 0 fully saturated rings. The van der Waals surface area contributed by atoms with Crippen LogP contribution in [0.15, 0.2) is 46.9 Å². The van der Waals surface area contributed by atoms with E-state index in [0.717, 1.165) is 11.1 Å². The summed E-state index contributed by atoms with van der Waals surface area (Å²) in [4.78, 5) is 21.6. The summed E-state index contributed by atoms with van der Waals surface area (Å²) in [5, 5.41) is 17.7. The third kappa shape index (κ3) is 4.46. The molecular formula is C14H11BrCl2O4. The second kappa shape index (κ2) is 8.02. The molecule has 0 aliphatic heterocycles. The Bertz CT molecular complexity index is 657. The summed E-state index contributed by atoms with van der Waals surface area (Å²) in [5.41, 5.74) is 2.02. The van der Waals surface area contributed by atoms with E-state index in [2.05, 4.69) is 15.9 Å². The highest BCUT2D eigenvalue weighted by Crippen LogP contribution is 2.29.